The van der Waals surface area contributed by atoms with E-state index in [-0.39, 0.29) is 70.2 Å². The Balaban J connectivity index is 0.00000289. The van der Waals surface area contributed by atoms with Gasteiger partial charge >= 0.3 is 64.3 Å². The van der Waals surface area contributed by atoms with Crippen molar-refractivity contribution in [3.05, 3.63) is 24.2 Å². The molecule has 3 nitrogen and oxygen atoms in total. The maximum absolute atomic E-state index is 11.8. The largest absolute Gasteiger partial charge is 1.00 e. The van der Waals surface area contributed by atoms with E-state index >= 15 is 0 Å². The van der Waals surface area contributed by atoms with Crippen LogP contribution < -0.4 is 51.4 Å². The van der Waals surface area contributed by atoms with E-state index in [1.54, 1.807) is 6.07 Å². The van der Waals surface area contributed by atoms with E-state index in [1.807, 2.05) is 0 Å². The van der Waals surface area contributed by atoms with Crippen LogP contribution in [0.4, 0.5) is 12.9 Å². The van der Waals surface area contributed by atoms with Gasteiger partial charge in [0.15, 0.2) is 0 Å². The van der Waals surface area contributed by atoms with Gasteiger partial charge in [0.25, 0.3) is 0 Å². The van der Waals surface area contributed by atoms with Crippen LogP contribution in [0.3, 0.4) is 0 Å². The van der Waals surface area contributed by atoms with Gasteiger partial charge in [-0.3, -0.25) is 0 Å². The van der Waals surface area contributed by atoms with Crippen molar-refractivity contribution in [3.63, 3.8) is 0 Å². The van der Waals surface area contributed by atoms with Crippen molar-refractivity contribution in [2.75, 3.05) is 6.61 Å². The summed E-state index contributed by atoms with van der Waals surface area (Å²) in [5.41, 5.74) is 0. The minimum atomic E-state index is -4.69. The molecule has 0 radical (unpaired) electrons. The van der Waals surface area contributed by atoms with Gasteiger partial charge in [0.1, 0.15) is 0 Å². The molecule has 1 aromatic rings. The predicted molar refractivity (Wildman–Crippen MR) is 56.7 cm³/mol. The first kappa shape index (κ1) is 18.2. The Kier molecular flexibility index (Phi) is 9.32. The third kappa shape index (κ3) is 8.36. The SMILES string of the molecule is O=C(OCCCCC[B-](F)(F)F)c1ccco1.[K+]. The van der Waals surface area contributed by atoms with Gasteiger partial charge in [0.05, 0.1) is 12.9 Å². The topological polar surface area (TPSA) is 39.4 Å². The van der Waals surface area contributed by atoms with Crippen LogP contribution in [-0.2, 0) is 4.74 Å². The van der Waals surface area contributed by atoms with Crippen molar-refractivity contribution in [1.29, 1.82) is 0 Å². The molecule has 1 heterocycles. The number of unbranched alkanes of at least 4 members (excludes halogenated alkanes) is 2. The van der Waals surface area contributed by atoms with E-state index in [0.29, 0.717) is 12.8 Å². The molecule has 18 heavy (non-hydrogen) atoms. The van der Waals surface area contributed by atoms with Crippen LogP contribution in [0.15, 0.2) is 22.8 Å². The van der Waals surface area contributed by atoms with Gasteiger partial charge < -0.3 is 22.1 Å². The summed E-state index contributed by atoms with van der Waals surface area (Å²) in [5.74, 6) is -0.487. The molecule has 0 amide bonds. The second kappa shape index (κ2) is 9.19. The molecule has 0 spiro atoms. The molecule has 8 heteroatoms. The van der Waals surface area contributed by atoms with Gasteiger partial charge in [-0.05, 0) is 18.6 Å². The first-order valence-corrected chi connectivity index (χ1v) is 5.40. The van der Waals surface area contributed by atoms with E-state index in [1.165, 1.54) is 12.3 Å². The molecule has 0 fully saturated rings. The molecule has 0 aliphatic carbocycles. The first-order valence-electron chi connectivity index (χ1n) is 5.40. The number of carbonyl (C=O) groups is 1. The second-order valence-corrected chi connectivity index (χ2v) is 3.67. The van der Waals surface area contributed by atoms with Crippen molar-refractivity contribution in [1.82, 2.24) is 0 Å². The average molecular weight is 288 g/mol. The molecule has 0 atom stereocenters. The maximum atomic E-state index is 11.8. The number of rotatable bonds is 7. The van der Waals surface area contributed by atoms with E-state index in [0.717, 1.165) is 0 Å². The molecule has 0 aliphatic rings. The quantitative estimate of drug-likeness (QED) is 0.416. The number of ether oxygens (including phenoxy) is 1. The Bertz CT molecular complexity index is 341. The number of esters is 1. The molecule has 0 N–H and O–H groups in total. The van der Waals surface area contributed by atoms with Crippen LogP contribution in [0, 0.1) is 0 Å². The summed E-state index contributed by atoms with van der Waals surface area (Å²) in [7, 11) is 0. The van der Waals surface area contributed by atoms with E-state index < -0.39 is 19.3 Å². The number of carbonyl (C=O) groups excluding carboxylic acids is 1. The summed E-state index contributed by atoms with van der Waals surface area (Å²) in [4.78, 5) is 11.2. The molecule has 0 aliphatic heterocycles. The zero-order valence-corrected chi connectivity index (χ0v) is 13.3. The third-order valence-electron chi connectivity index (χ3n) is 2.13. The molecule has 0 saturated carbocycles. The fourth-order valence-corrected chi connectivity index (χ4v) is 1.29. The van der Waals surface area contributed by atoms with Crippen LogP contribution in [-0.4, -0.2) is 19.6 Å². The van der Waals surface area contributed by atoms with Crippen LogP contribution in [0.5, 0.6) is 0 Å². The number of halogens is 3. The molecule has 1 aromatic heterocycles. The van der Waals surface area contributed by atoms with Gasteiger partial charge in [0.2, 0.25) is 5.76 Å². The average Bonchev–Trinajstić information content (AvgIpc) is 2.74. The monoisotopic (exact) mass is 288 g/mol. The summed E-state index contributed by atoms with van der Waals surface area (Å²) in [6.07, 6.45) is 1.53. The molecular weight excluding hydrogens is 275 g/mol. The van der Waals surface area contributed by atoms with E-state index in [4.69, 9.17) is 9.15 Å². The standard InChI is InChI=1S/C10H13BF3O3.K/c12-11(13,14)6-2-1-3-7-17-10(15)9-5-4-8-16-9;/h4-5,8H,1-3,6-7H2;/q-1;+1. The summed E-state index contributed by atoms with van der Waals surface area (Å²) in [5, 5.41) is 0. The summed E-state index contributed by atoms with van der Waals surface area (Å²) in [6, 6.07) is 3.02. The fourth-order valence-electron chi connectivity index (χ4n) is 1.29. The number of hydrogen-bond acceptors (Lipinski definition) is 3. The molecule has 96 valence electrons. The summed E-state index contributed by atoms with van der Waals surface area (Å²) < 4.78 is 45.1. The van der Waals surface area contributed by atoms with Crippen molar-refractivity contribution in [2.45, 2.75) is 25.6 Å². The Morgan fingerprint density at radius 1 is 1.28 bits per heavy atom. The number of hydrogen-bond donors (Lipinski definition) is 0. The van der Waals surface area contributed by atoms with Crippen molar-refractivity contribution >= 4 is 12.9 Å². The minimum absolute atomic E-state index is 0. The zero-order valence-electron chi connectivity index (χ0n) is 10.2. The van der Waals surface area contributed by atoms with Gasteiger partial charge in [-0.1, -0.05) is 19.2 Å². The second-order valence-electron chi connectivity index (χ2n) is 3.67. The fraction of sp³-hybridized carbons (Fsp3) is 0.500. The predicted octanol–water partition coefficient (Wildman–Crippen LogP) is 0.458. The smallest absolute Gasteiger partial charge is 0.460 e. The molecule has 0 aromatic carbocycles. The molecular formula is C10H13BF3KO3. The van der Waals surface area contributed by atoms with Crippen molar-refractivity contribution in [3.8, 4) is 0 Å². The van der Waals surface area contributed by atoms with Crippen molar-refractivity contribution < 1.29 is 78.3 Å². The third-order valence-corrected chi connectivity index (χ3v) is 2.13. The minimum Gasteiger partial charge on any atom is -0.460 e. The Morgan fingerprint density at radius 2 is 2.00 bits per heavy atom. The van der Waals surface area contributed by atoms with Crippen LogP contribution >= 0.6 is 0 Å². The van der Waals surface area contributed by atoms with Gasteiger partial charge in [-0.2, -0.15) is 0 Å². The van der Waals surface area contributed by atoms with Crippen LogP contribution in [0.1, 0.15) is 29.8 Å². The number of furan rings is 1. The Hall–Kier alpha value is 0.241. The summed E-state index contributed by atoms with van der Waals surface area (Å²) >= 11 is 0. The first-order chi connectivity index (χ1) is 7.99. The van der Waals surface area contributed by atoms with Crippen LogP contribution in [0.2, 0.25) is 6.32 Å². The Morgan fingerprint density at radius 3 is 2.56 bits per heavy atom. The molecule has 0 bridgehead atoms. The van der Waals surface area contributed by atoms with Gasteiger partial charge in [0, 0.05) is 0 Å². The van der Waals surface area contributed by atoms with Gasteiger partial charge in [-0.25, -0.2) is 4.79 Å². The Labute approximate surface area is 146 Å². The van der Waals surface area contributed by atoms with E-state index in [9.17, 15) is 17.7 Å². The van der Waals surface area contributed by atoms with Crippen LogP contribution in [0.25, 0.3) is 0 Å². The van der Waals surface area contributed by atoms with Crippen molar-refractivity contribution in [2.24, 2.45) is 0 Å². The van der Waals surface area contributed by atoms with E-state index in [2.05, 4.69) is 0 Å². The zero-order chi connectivity index (χ0) is 12.7. The molecule has 0 saturated heterocycles. The summed E-state index contributed by atoms with van der Waals surface area (Å²) in [6.45, 7) is -4.58. The normalized spacial score (nSPS) is 10.8. The molecule has 0 unspecified atom stereocenters. The maximum Gasteiger partial charge on any atom is 1.00 e. The van der Waals surface area contributed by atoms with Gasteiger partial charge in [-0.15, -0.1) is 0 Å². The molecule has 1 rings (SSSR count).